The SMILES string of the molecule is Cc1cccc(NCCO)c1CCC#N. The Morgan fingerprint density at radius 3 is 2.93 bits per heavy atom. The van der Waals surface area contributed by atoms with E-state index in [1.807, 2.05) is 25.1 Å². The Bertz CT molecular complexity index is 355. The molecule has 2 N–H and O–H groups in total. The van der Waals surface area contributed by atoms with Crippen LogP contribution in [0.25, 0.3) is 0 Å². The molecule has 0 amide bonds. The molecule has 0 radical (unpaired) electrons. The molecule has 3 heteroatoms. The average molecular weight is 204 g/mol. The molecule has 0 saturated heterocycles. The molecular formula is C12H16N2O. The summed E-state index contributed by atoms with van der Waals surface area (Å²) in [5.41, 5.74) is 3.39. The summed E-state index contributed by atoms with van der Waals surface area (Å²) in [5, 5.41) is 20.5. The monoisotopic (exact) mass is 204 g/mol. The fraction of sp³-hybridized carbons (Fsp3) is 0.417. The van der Waals surface area contributed by atoms with Crippen molar-refractivity contribution in [3.63, 3.8) is 0 Å². The number of hydrogen-bond acceptors (Lipinski definition) is 3. The minimum atomic E-state index is 0.117. The molecule has 0 aliphatic carbocycles. The Labute approximate surface area is 90.4 Å². The molecule has 0 bridgehead atoms. The summed E-state index contributed by atoms with van der Waals surface area (Å²) in [6.07, 6.45) is 1.29. The van der Waals surface area contributed by atoms with Crippen molar-refractivity contribution in [2.75, 3.05) is 18.5 Å². The van der Waals surface area contributed by atoms with Crippen molar-refractivity contribution in [3.8, 4) is 6.07 Å². The van der Waals surface area contributed by atoms with Gasteiger partial charge in [0.15, 0.2) is 0 Å². The second-order valence-corrected chi connectivity index (χ2v) is 3.41. The van der Waals surface area contributed by atoms with Crippen molar-refractivity contribution < 1.29 is 5.11 Å². The Morgan fingerprint density at radius 2 is 2.27 bits per heavy atom. The molecule has 0 saturated carbocycles. The van der Waals surface area contributed by atoms with Crippen LogP contribution in [0.1, 0.15) is 17.5 Å². The molecule has 0 heterocycles. The van der Waals surface area contributed by atoms with Crippen LogP contribution in [0, 0.1) is 18.3 Å². The van der Waals surface area contributed by atoms with E-state index in [9.17, 15) is 0 Å². The predicted molar refractivity (Wildman–Crippen MR) is 60.7 cm³/mol. The highest BCUT2D eigenvalue weighted by molar-refractivity contribution is 5.54. The van der Waals surface area contributed by atoms with Gasteiger partial charge in [-0.25, -0.2) is 0 Å². The van der Waals surface area contributed by atoms with E-state index in [-0.39, 0.29) is 6.61 Å². The lowest BCUT2D eigenvalue weighted by Gasteiger charge is -2.12. The maximum Gasteiger partial charge on any atom is 0.0625 e. The van der Waals surface area contributed by atoms with Gasteiger partial charge < -0.3 is 10.4 Å². The highest BCUT2D eigenvalue weighted by Crippen LogP contribution is 2.20. The van der Waals surface area contributed by atoms with Crippen molar-refractivity contribution in [2.45, 2.75) is 19.8 Å². The smallest absolute Gasteiger partial charge is 0.0625 e. The average Bonchev–Trinajstić information content (AvgIpc) is 2.25. The van der Waals surface area contributed by atoms with E-state index < -0.39 is 0 Å². The van der Waals surface area contributed by atoms with Crippen LogP contribution in [0.4, 0.5) is 5.69 Å². The van der Waals surface area contributed by atoms with Gasteiger partial charge in [-0.15, -0.1) is 0 Å². The summed E-state index contributed by atoms with van der Waals surface area (Å²) in [5.74, 6) is 0. The van der Waals surface area contributed by atoms with Crippen LogP contribution in [0.3, 0.4) is 0 Å². The first-order valence-corrected chi connectivity index (χ1v) is 5.09. The van der Waals surface area contributed by atoms with Crippen LogP contribution in [0.5, 0.6) is 0 Å². The van der Waals surface area contributed by atoms with E-state index in [0.717, 1.165) is 12.1 Å². The Balaban J connectivity index is 2.83. The number of nitriles is 1. The number of nitrogens with zero attached hydrogens (tertiary/aromatic N) is 1. The first-order chi connectivity index (χ1) is 7.29. The van der Waals surface area contributed by atoms with E-state index in [4.69, 9.17) is 10.4 Å². The number of aliphatic hydroxyl groups is 1. The van der Waals surface area contributed by atoms with Gasteiger partial charge in [0.05, 0.1) is 12.7 Å². The second-order valence-electron chi connectivity index (χ2n) is 3.41. The van der Waals surface area contributed by atoms with Gasteiger partial charge in [-0.1, -0.05) is 12.1 Å². The third-order valence-electron chi connectivity index (χ3n) is 2.32. The van der Waals surface area contributed by atoms with Crippen LogP contribution in [0.15, 0.2) is 18.2 Å². The van der Waals surface area contributed by atoms with Crippen molar-refractivity contribution in [2.24, 2.45) is 0 Å². The van der Waals surface area contributed by atoms with Crippen LogP contribution < -0.4 is 5.32 Å². The molecule has 0 spiro atoms. The molecule has 80 valence electrons. The highest BCUT2D eigenvalue weighted by Gasteiger charge is 2.04. The minimum Gasteiger partial charge on any atom is -0.395 e. The summed E-state index contributed by atoms with van der Waals surface area (Å²) < 4.78 is 0. The lowest BCUT2D eigenvalue weighted by Crippen LogP contribution is -2.08. The molecular weight excluding hydrogens is 188 g/mol. The van der Waals surface area contributed by atoms with E-state index in [2.05, 4.69) is 11.4 Å². The van der Waals surface area contributed by atoms with Gasteiger partial charge in [0, 0.05) is 18.7 Å². The quantitative estimate of drug-likeness (QED) is 0.769. The lowest BCUT2D eigenvalue weighted by molar-refractivity contribution is 0.311. The van der Waals surface area contributed by atoms with E-state index in [1.165, 1.54) is 11.1 Å². The number of hydrogen-bond donors (Lipinski definition) is 2. The standard InChI is InChI=1S/C12H16N2O/c1-10-4-2-6-12(14-8-9-15)11(10)5-3-7-13/h2,4,6,14-15H,3,5,8-9H2,1H3. The Kier molecular flexibility index (Phi) is 4.65. The first-order valence-electron chi connectivity index (χ1n) is 5.09. The van der Waals surface area contributed by atoms with Gasteiger partial charge in [-0.2, -0.15) is 5.26 Å². The van der Waals surface area contributed by atoms with Crippen LogP contribution in [0.2, 0.25) is 0 Å². The third kappa shape index (κ3) is 3.26. The molecule has 0 aliphatic heterocycles. The van der Waals surface area contributed by atoms with Crippen LogP contribution in [-0.2, 0) is 6.42 Å². The largest absolute Gasteiger partial charge is 0.395 e. The Hall–Kier alpha value is -1.53. The number of aliphatic hydroxyl groups excluding tert-OH is 1. The number of benzene rings is 1. The summed E-state index contributed by atoms with van der Waals surface area (Å²) in [6, 6.07) is 8.15. The van der Waals surface area contributed by atoms with Gasteiger partial charge in [0.25, 0.3) is 0 Å². The molecule has 1 aromatic rings. The summed E-state index contributed by atoms with van der Waals surface area (Å²) in [4.78, 5) is 0. The van der Waals surface area contributed by atoms with Crippen molar-refractivity contribution in [1.82, 2.24) is 0 Å². The number of rotatable bonds is 5. The van der Waals surface area contributed by atoms with Crippen molar-refractivity contribution in [3.05, 3.63) is 29.3 Å². The summed E-state index contributed by atoms with van der Waals surface area (Å²) in [6.45, 7) is 2.70. The predicted octanol–water partition coefficient (Wildman–Crippen LogP) is 1.86. The summed E-state index contributed by atoms with van der Waals surface area (Å²) >= 11 is 0. The summed E-state index contributed by atoms with van der Waals surface area (Å²) in [7, 11) is 0. The highest BCUT2D eigenvalue weighted by atomic mass is 16.3. The molecule has 0 aliphatic rings. The molecule has 0 aromatic heterocycles. The van der Waals surface area contributed by atoms with Gasteiger partial charge in [-0.3, -0.25) is 0 Å². The molecule has 0 atom stereocenters. The maximum absolute atomic E-state index is 8.75. The number of nitrogens with one attached hydrogen (secondary N) is 1. The zero-order chi connectivity index (χ0) is 11.1. The zero-order valence-corrected chi connectivity index (χ0v) is 8.95. The van der Waals surface area contributed by atoms with E-state index >= 15 is 0 Å². The van der Waals surface area contributed by atoms with E-state index in [1.54, 1.807) is 0 Å². The molecule has 15 heavy (non-hydrogen) atoms. The maximum atomic E-state index is 8.75. The van der Waals surface area contributed by atoms with Crippen LogP contribution in [-0.4, -0.2) is 18.3 Å². The fourth-order valence-electron chi connectivity index (χ4n) is 1.57. The number of aryl methyl sites for hydroxylation is 1. The normalized spacial score (nSPS) is 9.67. The lowest BCUT2D eigenvalue weighted by atomic mass is 10.0. The molecule has 0 fully saturated rings. The van der Waals surface area contributed by atoms with Gasteiger partial charge in [-0.05, 0) is 30.5 Å². The van der Waals surface area contributed by atoms with Crippen LogP contribution >= 0.6 is 0 Å². The minimum absolute atomic E-state index is 0.117. The van der Waals surface area contributed by atoms with Crippen molar-refractivity contribution >= 4 is 5.69 Å². The fourth-order valence-corrected chi connectivity index (χ4v) is 1.57. The van der Waals surface area contributed by atoms with E-state index in [0.29, 0.717) is 13.0 Å². The molecule has 3 nitrogen and oxygen atoms in total. The van der Waals surface area contributed by atoms with Gasteiger partial charge in [0.2, 0.25) is 0 Å². The first kappa shape index (κ1) is 11.5. The van der Waals surface area contributed by atoms with Crippen molar-refractivity contribution in [1.29, 1.82) is 5.26 Å². The van der Waals surface area contributed by atoms with Gasteiger partial charge >= 0.3 is 0 Å². The number of anilines is 1. The molecule has 1 aromatic carbocycles. The molecule has 1 rings (SSSR count). The second kappa shape index (κ2) is 6.05. The topological polar surface area (TPSA) is 56.0 Å². The zero-order valence-electron chi connectivity index (χ0n) is 8.95. The van der Waals surface area contributed by atoms with Gasteiger partial charge in [0.1, 0.15) is 0 Å². The Morgan fingerprint density at radius 1 is 1.47 bits per heavy atom. The third-order valence-corrected chi connectivity index (χ3v) is 2.32. The molecule has 0 unspecified atom stereocenters.